The van der Waals surface area contributed by atoms with Crippen molar-refractivity contribution in [2.45, 2.75) is 13.3 Å². The Morgan fingerprint density at radius 2 is 1.96 bits per heavy atom. The summed E-state index contributed by atoms with van der Waals surface area (Å²) in [6, 6.07) is 6.46. The first-order valence-electron chi connectivity index (χ1n) is 8.09. The number of hydrazone groups is 1. The molecule has 0 bridgehead atoms. The van der Waals surface area contributed by atoms with Gasteiger partial charge in [-0.3, -0.25) is 25.7 Å². The molecule has 0 saturated carbocycles. The highest BCUT2D eigenvalue weighted by molar-refractivity contribution is 6.32. The number of nitrogens with zero attached hydrogens (tertiary/aromatic N) is 3. The summed E-state index contributed by atoms with van der Waals surface area (Å²) in [6.07, 6.45) is 2.18. The molecule has 2 aromatic carbocycles. The van der Waals surface area contributed by atoms with Crippen LogP contribution in [0.4, 0.5) is 17.1 Å². The number of benzene rings is 2. The van der Waals surface area contributed by atoms with Gasteiger partial charge < -0.3 is 9.47 Å². The number of anilines is 1. The Morgan fingerprint density at radius 3 is 2.57 bits per heavy atom. The first kappa shape index (κ1) is 20.9. The smallest absolute Gasteiger partial charge is 0.301 e. The van der Waals surface area contributed by atoms with Gasteiger partial charge >= 0.3 is 5.69 Å². The molecule has 0 aromatic heterocycles. The molecule has 148 valence electrons. The van der Waals surface area contributed by atoms with Crippen LogP contribution in [-0.4, -0.2) is 29.8 Å². The third-order valence-corrected chi connectivity index (χ3v) is 3.77. The van der Waals surface area contributed by atoms with Crippen LogP contribution in [-0.2, 0) is 0 Å². The topological polar surface area (TPSA) is 129 Å². The molecule has 11 heteroatoms. The number of non-ortho nitro benzene ring substituents is 1. The predicted octanol–water partition coefficient (Wildman–Crippen LogP) is 4.40. The van der Waals surface area contributed by atoms with E-state index in [2.05, 4.69) is 10.5 Å². The van der Waals surface area contributed by atoms with E-state index in [1.807, 2.05) is 6.92 Å². The molecule has 2 aromatic rings. The number of nitro groups is 2. The summed E-state index contributed by atoms with van der Waals surface area (Å²) in [5.74, 6) is 0.839. The maximum absolute atomic E-state index is 11.1. The van der Waals surface area contributed by atoms with E-state index in [4.69, 9.17) is 21.1 Å². The minimum atomic E-state index is -0.732. The molecule has 0 spiro atoms. The largest absolute Gasteiger partial charge is 0.493 e. The maximum atomic E-state index is 11.1. The second-order valence-electron chi connectivity index (χ2n) is 5.47. The Hall–Kier alpha value is -3.40. The summed E-state index contributed by atoms with van der Waals surface area (Å²) >= 11 is 6.22. The lowest BCUT2D eigenvalue weighted by atomic mass is 10.2. The van der Waals surface area contributed by atoms with Crippen LogP contribution < -0.4 is 14.9 Å². The molecule has 0 heterocycles. The molecule has 10 nitrogen and oxygen atoms in total. The lowest BCUT2D eigenvalue weighted by molar-refractivity contribution is -0.393. The minimum absolute atomic E-state index is 0.00723. The van der Waals surface area contributed by atoms with Crippen molar-refractivity contribution in [3.63, 3.8) is 0 Å². The van der Waals surface area contributed by atoms with E-state index < -0.39 is 15.5 Å². The van der Waals surface area contributed by atoms with Gasteiger partial charge in [0.05, 0.1) is 40.9 Å². The quantitative estimate of drug-likeness (QED) is 0.369. The number of halogens is 1. The monoisotopic (exact) mass is 408 g/mol. The van der Waals surface area contributed by atoms with Gasteiger partial charge in [-0.15, -0.1) is 0 Å². The van der Waals surface area contributed by atoms with E-state index in [9.17, 15) is 20.2 Å². The molecule has 0 saturated heterocycles. The SMILES string of the molecule is CCCOc1c(Cl)cc(/C=N/Nc2ccc([N+](=O)[O-])cc2[N+](=O)[O-])cc1OC. The van der Waals surface area contributed by atoms with Crippen molar-refractivity contribution in [2.75, 3.05) is 19.1 Å². The molecule has 0 unspecified atom stereocenters. The second-order valence-corrected chi connectivity index (χ2v) is 5.88. The lowest BCUT2D eigenvalue weighted by Gasteiger charge is -2.12. The van der Waals surface area contributed by atoms with Gasteiger partial charge in [0, 0.05) is 6.07 Å². The molecule has 0 amide bonds. The Balaban J connectivity index is 2.24. The van der Waals surface area contributed by atoms with Gasteiger partial charge in [-0.25, -0.2) is 0 Å². The average Bonchev–Trinajstić information content (AvgIpc) is 2.66. The third-order valence-electron chi connectivity index (χ3n) is 3.49. The van der Waals surface area contributed by atoms with Crippen molar-refractivity contribution in [1.29, 1.82) is 0 Å². The first-order valence-corrected chi connectivity index (χ1v) is 8.47. The number of nitro benzene ring substituents is 2. The number of nitrogens with one attached hydrogen (secondary N) is 1. The van der Waals surface area contributed by atoms with Crippen LogP contribution in [0.15, 0.2) is 35.4 Å². The molecule has 1 N–H and O–H groups in total. The summed E-state index contributed by atoms with van der Waals surface area (Å²) in [5, 5.41) is 26.2. The van der Waals surface area contributed by atoms with E-state index in [1.165, 1.54) is 19.4 Å². The van der Waals surface area contributed by atoms with Gasteiger partial charge in [0.2, 0.25) is 0 Å². The standard InChI is InChI=1S/C17H17ClN4O6/c1-3-6-28-17-13(18)7-11(8-16(17)27-2)10-19-20-14-5-4-12(21(23)24)9-15(14)22(25)26/h4-5,7-10,20H,3,6H2,1-2H3/b19-10+. The van der Waals surface area contributed by atoms with Gasteiger partial charge in [-0.05, 0) is 30.2 Å². The van der Waals surface area contributed by atoms with Crippen LogP contribution in [0.25, 0.3) is 0 Å². The van der Waals surface area contributed by atoms with E-state index >= 15 is 0 Å². The van der Waals surface area contributed by atoms with Gasteiger partial charge in [0.25, 0.3) is 5.69 Å². The Morgan fingerprint density at radius 1 is 1.21 bits per heavy atom. The van der Waals surface area contributed by atoms with Crippen molar-refractivity contribution in [3.05, 3.63) is 61.1 Å². The summed E-state index contributed by atoms with van der Waals surface area (Å²) < 4.78 is 10.8. The van der Waals surface area contributed by atoms with E-state index in [0.29, 0.717) is 28.7 Å². The Labute approximate surface area is 165 Å². The van der Waals surface area contributed by atoms with Gasteiger partial charge in [-0.1, -0.05) is 18.5 Å². The average molecular weight is 409 g/mol. The van der Waals surface area contributed by atoms with Crippen LogP contribution in [0.2, 0.25) is 5.02 Å². The fourth-order valence-electron chi connectivity index (χ4n) is 2.21. The van der Waals surface area contributed by atoms with Crippen LogP contribution in [0.1, 0.15) is 18.9 Å². The number of hydrogen-bond donors (Lipinski definition) is 1. The van der Waals surface area contributed by atoms with Crippen molar-refractivity contribution in [1.82, 2.24) is 0 Å². The number of ether oxygens (including phenoxy) is 2. The molecule has 0 atom stereocenters. The van der Waals surface area contributed by atoms with Crippen LogP contribution >= 0.6 is 11.6 Å². The molecule has 0 aliphatic rings. The van der Waals surface area contributed by atoms with Crippen molar-refractivity contribution >= 4 is 34.9 Å². The Bertz CT molecular complexity index is 919. The van der Waals surface area contributed by atoms with Crippen LogP contribution in [0.5, 0.6) is 11.5 Å². The molecule has 0 aliphatic heterocycles. The number of hydrogen-bond acceptors (Lipinski definition) is 8. The van der Waals surface area contributed by atoms with E-state index in [0.717, 1.165) is 18.6 Å². The molecule has 0 radical (unpaired) electrons. The third kappa shape index (κ3) is 5.07. The zero-order valence-corrected chi connectivity index (χ0v) is 15.8. The predicted molar refractivity (Wildman–Crippen MR) is 105 cm³/mol. The summed E-state index contributed by atoms with van der Waals surface area (Å²) in [7, 11) is 1.48. The molecule has 28 heavy (non-hydrogen) atoms. The zero-order chi connectivity index (χ0) is 20.7. The normalized spacial score (nSPS) is 10.7. The Kier molecular flexibility index (Phi) is 7.10. The minimum Gasteiger partial charge on any atom is -0.493 e. The van der Waals surface area contributed by atoms with Crippen molar-refractivity contribution < 1.29 is 19.3 Å². The molecular weight excluding hydrogens is 392 g/mol. The van der Waals surface area contributed by atoms with E-state index in [-0.39, 0.29) is 11.4 Å². The van der Waals surface area contributed by atoms with Crippen molar-refractivity contribution in [3.8, 4) is 11.5 Å². The van der Waals surface area contributed by atoms with Crippen LogP contribution in [0, 0.1) is 20.2 Å². The summed E-state index contributed by atoms with van der Waals surface area (Å²) in [4.78, 5) is 20.5. The number of rotatable bonds is 9. The van der Waals surface area contributed by atoms with Crippen molar-refractivity contribution in [2.24, 2.45) is 5.10 Å². The second kappa shape index (κ2) is 9.51. The first-order chi connectivity index (χ1) is 13.4. The van der Waals surface area contributed by atoms with Gasteiger partial charge in [-0.2, -0.15) is 5.10 Å². The fraction of sp³-hybridized carbons (Fsp3) is 0.235. The highest BCUT2D eigenvalue weighted by Crippen LogP contribution is 2.36. The molecular formula is C17H17ClN4O6. The summed E-state index contributed by atoms with van der Waals surface area (Å²) in [5.41, 5.74) is 2.21. The summed E-state index contributed by atoms with van der Waals surface area (Å²) in [6.45, 7) is 2.44. The van der Waals surface area contributed by atoms with Gasteiger partial charge in [0.1, 0.15) is 5.69 Å². The fourth-order valence-corrected chi connectivity index (χ4v) is 2.49. The maximum Gasteiger partial charge on any atom is 0.301 e. The highest BCUT2D eigenvalue weighted by Gasteiger charge is 2.19. The molecule has 0 fully saturated rings. The highest BCUT2D eigenvalue weighted by atomic mass is 35.5. The molecule has 0 aliphatic carbocycles. The molecule has 2 rings (SSSR count). The van der Waals surface area contributed by atoms with E-state index in [1.54, 1.807) is 12.1 Å². The van der Waals surface area contributed by atoms with Gasteiger partial charge in [0.15, 0.2) is 11.5 Å². The van der Waals surface area contributed by atoms with Crippen LogP contribution in [0.3, 0.4) is 0 Å². The lowest BCUT2D eigenvalue weighted by Crippen LogP contribution is -2.00. The zero-order valence-electron chi connectivity index (χ0n) is 15.0. The number of methoxy groups -OCH3 is 1.